The van der Waals surface area contributed by atoms with Crippen molar-refractivity contribution in [1.82, 2.24) is 4.31 Å². The fourth-order valence-corrected chi connectivity index (χ4v) is 6.15. The van der Waals surface area contributed by atoms with E-state index in [1.54, 1.807) is 12.1 Å². The van der Waals surface area contributed by atoms with Crippen LogP contribution in [0, 0.1) is 6.92 Å². The van der Waals surface area contributed by atoms with Crippen LogP contribution in [0.25, 0.3) is 11.0 Å². The third-order valence-corrected chi connectivity index (χ3v) is 8.55. The lowest BCUT2D eigenvalue weighted by Gasteiger charge is -2.25. The molecule has 1 amide bonds. The van der Waals surface area contributed by atoms with E-state index in [1.807, 2.05) is 43.3 Å². The molecule has 38 heavy (non-hydrogen) atoms. The Kier molecular flexibility index (Phi) is 7.31. The van der Waals surface area contributed by atoms with Gasteiger partial charge in [-0.1, -0.05) is 30.7 Å². The molecule has 0 radical (unpaired) electrons. The minimum Gasteiger partial charge on any atom is -0.449 e. The van der Waals surface area contributed by atoms with Gasteiger partial charge in [-0.2, -0.15) is 4.31 Å². The first-order valence-electron chi connectivity index (χ1n) is 12.6. The number of hydrogen-bond donors (Lipinski definition) is 2. The molecule has 1 saturated heterocycles. The van der Waals surface area contributed by atoms with Crippen LogP contribution in [-0.2, 0) is 10.0 Å². The van der Waals surface area contributed by atoms with Gasteiger partial charge in [-0.05, 0) is 73.9 Å². The number of hydrogen-bond acceptors (Lipinski definition) is 6. The Labute approximate surface area is 221 Å². The fraction of sp³-hybridized carbons (Fsp3) is 0.241. The molecule has 2 N–H and O–H groups in total. The van der Waals surface area contributed by atoms with Gasteiger partial charge in [0.15, 0.2) is 5.78 Å². The number of aryl methyl sites for hydroxylation is 1. The van der Waals surface area contributed by atoms with Crippen molar-refractivity contribution in [3.05, 3.63) is 89.7 Å². The number of carbonyl (C=O) groups is 2. The lowest BCUT2D eigenvalue weighted by atomic mass is 10.1. The van der Waals surface area contributed by atoms with E-state index in [-0.39, 0.29) is 23.0 Å². The first-order chi connectivity index (χ1) is 18.3. The largest absolute Gasteiger partial charge is 0.449 e. The van der Waals surface area contributed by atoms with Gasteiger partial charge in [0.25, 0.3) is 5.91 Å². The van der Waals surface area contributed by atoms with E-state index < -0.39 is 15.9 Å². The standard InChI is InChI=1S/C29H29N3O5S/c1-20-8-7-9-22(18-20)31-29(34)28-27(24-10-3-4-11-26(24)37-28)30-19-25(33)21-12-14-23(15-13-21)38(35,36)32-16-5-2-6-17-32/h3-4,7-15,18,30H,2,5-6,16-17,19H2,1H3,(H,31,34). The van der Waals surface area contributed by atoms with Gasteiger partial charge in [-0.25, -0.2) is 8.42 Å². The summed E-state index contributed by atoms with van der Waals surface area (Å²) in [4.78, 5) is 26.3. The molecular weight excluding hydrogens is 502 g/mol. The van der Waals surface area contributed by atoms with Crippen LogP contribution < -0.4 is 10.6 Å². The molecular formula is C29H29N3O5S. The van der Waals surface area contributed by atoms with Crippen LogP contribution in [0.3, 0.4) is 0 Å². The maximum absolute atomic E-state index is 13.1. The van der Waals surface area contributed by atoms with Crippen molar-refractivity contribution in [3.8, 4) is 0 Å². The van der Waals surface area contributed by atoms with Gasteiger partial charge in [-0.3, -0.25) is 9.59 Å². The number of fused-ring (bicyclic) bond motifs is 1. The number of anilines is 2. The number of rotatable bonds is 8. The van der Waals surface area contributed by atoms with E-state index in [4.69, 9.17) is 4.42 Å². The van der Waals surface area contributed by atoms with E-state index in [0.717, 1.165) is 24.8 Å². The molecule has 0 aliphatic carbocycles. The second-order valence-electron chi connectivity index (χ2n) is 9.39. The summed E-state index contributed by atoms with van der Waals surface area (Å²) in [5.41, 5.74) is 2.95. The monoisotopic (exact) mass is 531 g/mol. The van der Waals surface area contributed by atoms with Crippen LogP contribution in [0.15, 0.2) is 82.1 Å². The summed E-state index contributed by atoms with van der Waals surface area (Å²) in [6, 6.07) is 20.6. The predicted octanol–water partition coefficient (Wildman–Crippen LogP) is 5.46. The van der Waals surface area contributed by atoms with Gasteiger partial charge in [0, 0.05) is 29.7 Å². The topological polar surface area (TPSA) is 109 Å². The number of Topliss-reactive ketones (excluding diaryl/α,β-unsaturated/α-hetero) is 1. The normalized spacial score (nSPS) is 14.3. The second kappa shape index (κ2) is 10.8. The zero-order valence-electron chi connectivity index (χ0n) is 21.1. The zero-order valence-corrected chi connectivity index (χ0v) is 21.9. The van der Waals surface area contributed by atoms with Crippen molar-refractivity contribution in [1.29, 1.82) is 0 Å². The van der Waals surface area contributed by atoms with Crippen molar-refractivity contribution in [3.63, 3.8) is 0 Å². The van der Waals surface area contributed by atoms with E-state index >= 15 is 0 Å². The number of para-hydroxylation sites is 1. The molecule has 0 atom stereocenters. The highest BCUT2D eigenvalue weighted by Crippen LogP contribution is 2.31. The highest BCUT2D eigenvalue weighted by atomic mass is 32.2. The highest BCUT2D eigenvalue weighted by molar-refractivity contribution is 7.89. The number of amides is 1. The van der Waals surface area contributed by atoms with Gasteiger partial charge in [-0.15, -0.1) is 0 Å². The Morgan fingerprint density at radius 3 is 2.39 bits per heavy atom. The molecule has 1 aliphatic heterocycles. The Morgan fingerprint density at radius 2 is 1.66 bits per heavy atom. The summed E-state index contributed by atoms with van der Waals surface area (Å²) in [6.45, 7) is 2.87. The van der Waals surface area contributed by atoms with Crippen LogP contribution in [0.4, 0.5) is 11.4 Å². The average Bonchev–Trinajstić information content (AvgIpc) is 3.31. The van der Waals surface area contributed by atoms with Crippen LogP contribution in [0.2, 0.25) is 0 Å². The molecule has 1 aliphatic rings. The van der Waals surface area contributed by atoms with Crippen molar-refractivity contribution < 1.29 is 22.4 Å². The molecule has 0 spiro atoms. The number of piperidine rings is 1. The number of benzene rings is 3. The number of carbonyl (C=O) groups excluding carboxylic acids is 2. The third kappa shape index (κ3) is 5.34. The van der Waals surface area contributed by atoms with Crippen LogP contribution in [0.1, 0.15) is 45.7 Å². The van der Waals surface area contributed by atoms with Crippen LogP contribution in [0.5, 0.6) is 0 Å². The number of nitrogens with zero attached hydrogens (tertiary/aromatic N) is 1. The highest BCUT2D eigenvalue weighted by Gasteiger charge is 2.26. The second-order valence-corrected chi connectivity index (χ2v) is 11.3. The fourth-order valence-electron chi connectivity index (χ4n) is 4.63. The lowest BCUT2D eigenvalue weighted by Crippen LogP contribution is -2.35. The molecule has 5 rings (SSSR count). The molecule has 0 unspecified atom stereocenters. The van der Waals surface area contributed by atoms with Gasteiger partial charge in [0.1, 0.15) is 5.58 Å². The average molecular weight is 532 g/mol. The van der Waals surface area contributed by atoms with Crippen molar-refractivity contribution in [2.45, 2.75) is 31.1 Å². The molecule has 1 aromatic heterocycles. The maximum Gasteiger partial charge on any atom is 0.293 e. The Morgan fingerprint density at radius 1 is 0.921 bits per heavy atom. The van der Waals surface area contributed by atoms with Crippen LogP contribution in [-0.4, -0.2) is 44.0 Å². The quantitative estimate of drug-likeness (QED) is 0.292. The van der Waals surface area contributed by atoms with Gasteiger partial charge < -0.3 is 15.1 Å². The molecule has 2 heterocycles. The number of nitrogens with one attached hydrogen (secondary N) is 2. The van der Waals surface area contributed by atoms with E-state index in [2.05, 4.69) is 10.6 Å². The first-order valence-corrected chi connectivity index (χ1v) is 14.0. The Hall–Kier alpha value is -3.95. The lowest BCUT2D eigenvalue weighted by molar-refractivity contribution is 0.0991. The van der Waals surface area contributed by atoms with Crippen LogP contribution >= 0.6 is 0 Å². The van der Waals surface area contributed by atoms with Gasteiger partial charge in [0.05, 0.1) is 17.1 Å². The SMILES string of the molecule is Cc1cccc(NC(=O)c2oc3ccccc3c2NCC(=O)c2ccc(S(=O)(=O)N3CCCCC3)cc2)c1. The summed E-state index contributed by atoms with van der Waals surface area (Å²) in [6.07, 6.45) is 2.75. The molecule has 196 valence electrons. The van der Waals surface area contributed by atoms with E-state index in [0.29, 0.717) is 41.0 Å². The maximum atomic E-state index is 13.1. The van der Waals surface area contributed by atoms with Crippen molar-refractivity contribution in [2.24, 2.45) is 0 Å². The van der Waals surface area contributed by atoms with Gasteiger partial charge in [0.2, 0.25) is 15.8 Å². The molecule has 1 fully saturated rings. The number of ketones is 1. The Balaban J connectivity index is 1.33. The summed E-state index contributed by atoms with van der Waals surface area (Å²) < 4.78 is 33.2. The minimum absolute atomic E-state index is 0.0727. The molecule has 9 heteroatoms. The van der Waals surface area contributed by atoms with E-state index in [9.17, 15) is 18.0 Å². The minimum atomic E-state index is -3.57. The van der Waals surface area contributed by atoms with Crippen molar-refractivity contribution in [2.75, 3.05) is 30.3 Å². The van der Waals surface area contributed by atoms with Crippen molar-refractivity contribution >= 4 is 44.1 Å². The molecule has 0 saturated carbocycles. The molecule has 4 aromatic rings. The number of furan rings is 1. The summed E-state index contributed by atoms with van der Waals surface area (Å²) in [7, 11) is -3.57. The zero-order chi connectivity index (χ0) is 26.7. The van der Waals surface area contributed by atoms with E-state index in [1.165, 1.54) is 28.6 Å². The molecule has 0 bridgehead atoms. The first kappa shape index (κ1) is 25.7. The predicted molar refractivity (Wildman–Crippen MR) is 147 cm³/mol. The summed E-state index contributed by atoms with van der Waals surface area (Å²) in [5.74, 6) is -0.611. The molecule has 8 nitrogen and oxygen atoms in total. The summed E-state index contributed by atoms with van der Waals surface area (Å²) in [5, 5.41) is 6.61. The smallest absolute Gasteiger partial charge is 0.293 e. The molecule has 3 aromatic carbocycles. The van der Waals surface area contributed by atoms with Gasteiger partial charge >= 0.3 is 0 Å². The number of sulfonamides is 1. The summed E-state index contributed by atoms with van der Waals surface area (Å²) >= 11 is 0. The Bertz CT molecular complexity index is 1590. The third-order valence-electron chi connectivity index (χ3n) is 6.63.